The van der Waals surface area contributed by atoms with E-state index in [1.54, 1.807) is 12.1 Å². The van der Waals surface area contributed by atoms with Crippen molar-refractivity contribution in [3.05, 3.63) is 75.4 Å². The van der Waals surface area contributed by atoms with Crippen molar-refractivity contribution in [3.8, 4) is 0 Å². The van der Waals surface area contributed by atoms with Gasteiger partial charge in [-0.05, 0) is 41.0 Å². The molecule has 0 saturated heterocycles. The number of benzene rings is 1. The average molecular weight is 369 g/mol. The van der Waals surface area contributed by atoms with Gasteiger partial charge in [0.05, 0.1) is 30.6 Å². The van der Waals surface area contributed by atoms with Crippen LogP contribution in [-0.4, -0.2) is 24.3 Å². The van der Waals surface area contributed by atoms with Gasteiger partial charge in [-0.1, -0.05) is 24.6 Å². The summed E-state index contributed by atoms with van der Waals surface area (Å²) >= 11 is 0. The van der Waals surface area contributed by atoms with E-state index in [-0.39, 0.29) is 17.5 Å². The summed E-state index contributed by atoms with van der Waals surface area (Å²) in [6.45, 7) is 1.90. The van der Waals surface area contributed by atoms with Crippen LogP contribution < -0.4 is 10.4 Å². The third-order valence-electron chi connectivity index (χ3n) is 4.58. The number of aldehydes is 1. The van der Waals surface area contributed by atoms with Gasteiger partial charge in [0.2, 0.25) is 0 Å². The lowest BCUT2D eigenvalue weighted by Crippen LogP contribution is -2.31. The van der Waals surface area contributed by atoms with Crippen LogP contribution in [0.4, 0.5) is 8.78 Å². The molecule has 1 aromatic heterocycles. The van der Waals surface area contributed by atoms with Crippen molar-refractivity contribution in [1.82, 2.24) is 4.98 Å². The lowest BCUT2D eigenvalue weighted by molar-refractivity contribution is -0.103. The zero-order valence-electron chi connectivity index (χ0n) is 14.9. The summed E-state index contributed by atoms with van der Waals surface area (Å²) in [5.41, 5.74) is 1.62. The highest BCUT2D eigenvalue weighted by Gasteiger charge is 2.20. The van der Waals surface area contributed by atoms with Crippen LogP contribution in [0.1, 0.15) is 35.7 Å². The first-order valence-electron chi connectivity index (χ1n) is 8.40. The van der Waals surface area contributed by atoms with Crippen LogP contribution >= 0.6 is 0 Å². The van der Waals surface area contributed by atoms with Crippen molar-refractivity contribution in [3.63, 3.8) is 0 Å². The first-order chi connectivity index (χ1) is 13.0. The number of carbonyl (C=O) groups is 2. The highest BCUT2D eigenvalue weighted by molar-refractivity contribution is 6.04. The normalized spacial score (nSPS) is 13.6. The Balaban J connectivity index is 2.51. The Morgan fingerprint density at radius 1 is 1.22 bits per heavy atom. The maximum Gasteiger partial charge on any atom is 0.337 e. The second kappa shape index (κ2) is 7.61. The molecule has 2 aromatic rings. The predicted molar refractivity (Wildman–Crippen MR) is 96.2 cm³/mol. The maximum absolute atomic E-state index is 14.5. The first kappa shape index (κ1) is 18.6. The molecule has 27 heavy (non-hydrogen) atoms. The van der Waals surface area contributed by atoms with Gasteiger partial charge in [0.1, 0.15) is 0 Å². The van der Waals surface area contributed by atoms with Crippen molar-refractivity contribution < 1.29 is 23.1 Å². The van der Waals surface area contributed by atoms with E-state index >= 15 is 0 Å². The molecule has 0 spiro atoms. The van der Waals surface area contributed by atoms with Crippen LogP contribution in [0.15, 0.2) is 42.2 Å². The van der Waals surface area contributed by atoms with Crippen molar-refractivity contribution in [1.29, 1.82) is 0 Å². The molecule has 0 amide bonds. The number of halogens is 2. The molecule has 0 N–H and O–H groups in total. The predicted octanol–water partition coefficient (Wildman–Crippen LogP) is 2.44. The number of ether oxygens (including phenoxy) is 1. The van der Waals surface area contributed by atoms with E-state index in [0.717, 1.165) is 18.0 Å². The average Bonchev–Trinajstić information content (AvgIpc) is 2.83. The molecule has 0 aliphatic heterocycles. The van der Waals surface area contributed by atoms with Gasteiger partial charge in [-0.25, -0.2) is 13.6 Å². The Labute approximate surface area is 154 Å². The van der Waals surface area contributed by atoms with Gasteiger partial charge < -0.3 is 4.74 Å². The van der Waals surface area contributed by atoms with Crippen molar-refractivity contribution in [2.75, 3.05) is 7.11 Å². The largest absolute Gasteiger partial charge is 0.465 e. The number of rotatable bonds is 4. The molecular weight excluding hydrogens is 352 g/mol. The molecule has 1 aromatic carbocycles. The number of aromatic nitrogens is 1. The zero-order chi connectivity index (χ0) is 19.6. The van der Waals surface area contributed by atoms with Gasteiger partial charge in [0.25, 0.3) is 0 Å². The van der Waals surface area contributed by atoms with E-state index in [9.17, 15) is 18.4 Å². The molecule has 0 bridgehead atoms. The van der Waals surface area contributed by atoms with Crippen LogP contribution in [0.3, 0.4) is 0 Å². The van der Waals surface area contributed by atoms with Gasteiger partial charge in [-0.15, -0.1) is 0 Å². The summed E-state index contributed by atoms with van der Waals surface area (Å²) in [6.07, 6.45) is 5.16. The third kappa shape index (κ3) is 3.43. The summed E-state index contributed by atoms with van der Waals surface area (Å²) in [5.74, 6) is -2.18. The number of hydrogen-bond donors (Lipinski definition) is 0. The third-order valence-corrected chi connectivity index (χ3v) is 4.58. The monoisotopic (exact) mass is 369 g/mol. The summed E-state index contributed by atoms with van der Waals surface area (Å²) in [7, 11) is 1.25. The Morgan fingerprint density at radius 3 is 2.52 bits per heavy atom. The van der Waals surface area contributed by atoms with Gasteiger partial charge in [-0.3, -0.25) is 9.78 Å². The fourth-order valence-corrected chi connectivity index (χ4v) is 3.21. The number of methoxy groups -OCH3 is 1. The summed E-state index contributed by atoms with van der Waals surface area (Å²) in [5, 5.41) is 0.926. The van der Waals surface area contributed by atoms with E-state index in [2.05, 4.69) is 4.98 Å². The second-order valence-corrected chi connectivity index (χ2v) is 6.11. The number of fused-ring (bicyclic) bond motifs is 1. The standard InChI is InChI=1S/C21H17F2NO3/c1-3-12-6-14(11-25)15-5-4-13(21(26)27-2)8-16(15)17(7-12)20-18(22)9-24-10-19(20)23/h4-6,8-11H,3,7H2,1-2H3. The number of carbonyl (C=O) groups excluding carboxylic acids is 2. The first-order valence-corrected chi connectivity index (χ1v) is 8.40. The molecule has 1 aliphatic carbocycles. The van der Waals surface area contributed by atoms with E-state index < -0.39 is 17.6 Å². The molecule has 1 heterocycles. The van der Waals surface area contributed by atoms with E-state index in [1.165, 1.54) is 19.2 Å². The molecule has 0 fully saturated rings. The number of pyridine rings is 1. The van der Waals surface area contributed by atoms with Gasteiger partial charge in [0.15, 0.2) is 17.9 Å². The van der Waals surface area contributed by atoms with Crippen molar-refractivity contribution >= 4 is 23.4 Å². The van der Waals surface area contributed by atoms with Crippen LogP contribution in [0.2, 0.25) is 0 Å². The van der Waals surface area contributed by atoms with Gasteiger partial charge in [0, 0.05) is 5.57 Å². The molecule has 6 heteroatoms. The summed E-state index contributed by atoms with van der Waals surface area (Å²) in [6, 6.07) is 4.62. The lowest BCUT2D eigenvalue weighted by atomic mass is 9.95. The minimum absolute atomic E-state index is 0.209. The minimum atomic E-state index is -0.801. The fraction of sp³-hybridized carbons (Fsp3) is 0.190. The zero-order valence-corrected chi connectivity index (χ0v) is 14.9. The molecule has 3 rings (SSSR count). The number of hydrogen-bond acceptors (Lipinski definition) is 4. The SMILES string of the molecule is CCC1=CC(C=O)=c2ccc(C(=O)OC)cc2=C(c2c(F)cncc2F)C1. The number of esters is 1. The Kier molecular flexibility index (Phi) is 5.26. The Hall–Kier alpha value is -3.15. The van der Waals surface area contributed by atoms with Crippen LogP contribution in [0.25, 0.3) is 11.1 Å². The van der Waals surface area contributed by atoms with Crippen LogP contribution in [0.5, 0.6) is 0 Å². The van der Waals surface area contributed by atoms with Crippen LogP contribution in [0, 0.1) is 11.6 Å². The molecular formula is C21H17F2NO3. The molecule has 0 atom stereocenters. The van der Waals surface area contributed by atoms with Gasteiger partial charge >= 0.3 is 5.97 Å². The van der Waals surface area contributed by atoms with Gasteiger partial charge in [-0.2, -0.15) is 0 Å². The molecule has 138 valence electrons. The number of nitrogens with zero attached hydrogens (tertiary/aromatic N) is 1. The Morgan fingerprint density at radius 2 is 1.93 bits per heavy atom. The lowest BCUT2D eigenvalue weighted by Gasteiger charge is -2.12. The van der Waals surface area contributed by atoms with Crippen molar-refractivity contribution in [2.45, 2.75) is 19.8 Å². The second-order valence-electron chi connectivity index (χ2n) is 6.11. The minimum Gasteiger partial charge on any atom is -0.465 e. The fourth-order valence-electron chi connectivity index (χ4n) is 3.21. The quantitative estimate of drug-likeness (QED) is 0.614. The molecule has 0 unspecified atom stereocenters. The molecule has 0 saturated carbocycles. The smallest absolute Gasteiger partial charge is 0.337 e. The molecule has 0 radical (unpaired) electrons. The highest BCUT2D eigenvalue weighted by atomic mass is 19.1. The molecule has 4 nitrogen and oxygen atoms in total. The topological polar surface area (TPSA) is 56.3 Å². The van der Waals surface area contributed by atoms with E-state index in [1.807, 2.05) is 6.92 Å². The molecule has 1 aliphatic rings. The highest BCUT2D eigenvalue weighted by Crippen LogP contribution is 2.27. The summed E-state index contributed by atoms with van der Waals surface area (Å²) < 4.78 is 33.7. The number of allylic oxidation sites excluding steroid dienone is 2. The maximum atomic E-state index is 14.5. The van der Waals surface area contributed by atoms with Crippen molar-refractivity contribution in [2.24, 2.45) is 0 Å². The van der Waals surface area contributed by atoms with E-state index in [0.29, 0.717) is 34.3 Å². The Bertz CT molecular complexity index is 1070. The summed E-state index contributed by atoms with van der Waals surface area (Å²) in [4.78, 5) is 27.1. The van der Waals surface area contributed by atoms with E-state index in [4.69, 9.17) is 4.74 Å². The van der Waals surface area contributed by atoms with Crippen LogP contribution in [-0.2, 0) is 9.53 Å².